The van der Waals surface area contributed by atoms with Gasteiger partial charge < -0.3 is 4.74 Å². The molecule has 0 saturated heterocycles. The van der Waals surface area contributed by atoms with Crippen molar-refractivity contribution in [2.75, 3.05) is 6.61 Å². The maximum atomic E-state index is 12.3. The SMILES string of the molecule is CCOc1ccc2ccccc2c1/C=N\NC(=O)c1cc(Cl)ccc1Cl. The molecule has 0 fully saturated rings. The molecule has 0 saturated carbocycles. The third-order valence-corrected chi connectivity index (χ3v) is 4.33. The Hall–Kier alpha value is -2.56. The number of rotatable bonds is 5. The summed E-state index contributed by atoms with van der Waals surface area (Å²) in [7, 11) is 0. The quantitative estimate of drug-likeness (QED) is 0.477. The highest BCUT2D eigenvalue weighted by Crippen LogP contribution is 2.26. The highest BCUT2D eigenvalue weighted by Gasteiger charge is 2.11. The largest absolute Gasteiger partial charge is 0.493 e. The van der Waals surface area contributed by atoms with Crippen molar-refractivity contribution in [2.45, 2.75) is 6.92 Å². The smallest absolute Gasteiger partial charge is 0.272 e. The highest BCUT2D eigenvalue weighted by atomic mass is 35.5. The third kappa shape index (κ3) is 3.98. The zero-order valence-electron chi connectivity index (χ0n) is 14.0. The Labute approximate surface area is 161 Å². The molecule has 6 heteroatoms. The van der Waals surface area contributed by atoms with Gasteiger partial charge in [0.1, 0.15) is 5.75 Å². The molecule has 0 aliphatic heterocycles. The van der Waals surface area contributed by atoms with Crippen molar-refractivity contribution in [3.63, 3.8) is 0 Å². The van der Waals surface area contributed by atoms with Gasteiger partial charge in [-0.05, 0) is 42.0 Å². The second kappa shape index (κ2) is 8.21. The fourth-order valence-corrected chi connectivity index (χ4v) is 2.95. The molecule has 3 aromatic carbocycles. The van der Waals surface area contributed by atoms with Crippen LogP contribution in [0, 0.1) is 0 Å². The molecule has 0 aliphatic carbocycles. The molecule has 3 rings (SSSR count). The highest BCUT2D eigenvalue weighted by molar-refractivity contribution is 6.35. The molecule has 132 valence electrons. The van der Waals surface area contributed by atoms with Gasteiger partial charge in [-0.2, -0.15) is 5.10 Å². The van der Waals surface area contributed by atoms with E-state index in [1.807, 2.05) is 43.3 Å². The van der Waals surface area contributed by atoms with E-state index in [0.717, 1.165) is 16.3 Å². The van der Waals surface area contributed by atoms with Gasteiger partial charge >= 0.3 is 0 Å². The fraction of sp³-hybridized carbons (Fsp3) is 0.100. The molecule has 0 spiro atoms. The second-order valence-corrected chi connectivity index (χ2v) is 6.30. The zero-order chi connectivity index (χ0) is 18.5. The first-order valence-corrected chi connectivity index (χ1v) is 8.78. The standard InChI is InChI=1S/C20H16Cl2N2O2/c1-2-26-19-10-7-13-5-3-4-6-15(13)17(19)12-23-24-20(25)16-11-14(21)8-9-18(16)22/h3-12H,2H2,1H3,(H,24,25)/b23-12-. The molecule has 3 aromatic rings. The molecule has 1 N–H and O–H groups in total. The van der Waals surface area contributed by atoms with Crippen LogP contribution in [0.2, 0.25) is 10.0 Å². The van der Waals surface area contributed by atoms with Gasteiger partial charge in [0.25, 0.3) is 5.91 Å². The normalized spacial score (nSPS) is 11.0. The van der Waals surface area contributed by atoms with Crippen LogP contribution in [0.25, 0.3) is 10.8 Å². The molecule has 0 heterocycles. The number of halogens is 2. The van der Waals surface area contributed by atoms with E-state index in [1.165, 1.54) is 6.07 Å². The Balaban J connectivity index is 1.89. The van der Waals surface area contributed by atoms with Crippen molar-refractivity contribution >= 4 is 46.1 Å². The van der Waals surface area contributed by atoms with Crippen LogP contribution < -0.4 is 10.2 Å². The summed E-state index contributed by atoms with van der Waals surface area (Å²) in [6.45, 7) is 2.45. The molecule has 26 heavy (non-hydrogen) atoms. The van der Waals surface area contributed by atoms with Gasteiger partial charge in [-0.25, -0.2) is 5.43 Å². The van der Waals surface area contributed by atoms with Gasteiger partial charge in [-0.15, -0.1) is 0 Å². The number of nitrogens with one attached hydrogen (secondary N) is 1. The van der Waals surface area contributed by atoms with Gasteiger partial charge in [0.2, 0.25) is 0 Å². The summed E-state index contributed by atoms with van der Waals surface area (Å²) in [5.41, 5.74) is 3.54. The van der Waals surface area contributed by atoms with E-state index < -0.39 is 5.91 Å². The fourth-order valence-electron chi connectivity index (χ4n) is 2.58. The van der Waals surface area contributed by atoms with Crippen LogP contribution in [-0.2, 0) is 0 Å². The average Bonchev–Trinajstić information content (AvgIpc) is 2.65. The summed E-state index contributed by atoms with van der Waals surface area (Å²) in [4.78, 5) is 12.3. The van der Waals surface area contributed by atoms with Crippen molar-refractivity contribution in [2.24, 2.45) is 5.10 Å². The summed E-state index contributed by atoms with van der Waals surface area (Å²) in [5, 5.41) is 6.85. The Kier molecular flexibility index (Phi) is 5.76. The summed E-state index contributed by atoms with van der Waals surface area (Å²) in [5.74, 6) is 0.261. The number of hydrazone groups is 1. The summed E-state index contributed by atoms with van der Waals surface area (Å²) >= 11 is 12.0. The Morgan fingerprint density at radius 1 is 1.15 bits per heavy atom. The minimum absolute atomic E-state index is 0.263. The second-order valence-electron chi connectivity index (χ2n) is 5.45. The van der Waals surface area contributed by atoms with Crippen molar-refractivity contribution in [3.05, 3.63) is 75.8 Å². The Morgan fingerprint density at radius 3 is 2.77 bits per heavy atom. The maximum absolute atomic E-state index is 12.3. The topological polar surface area (TPSA) is 50.7 Å². The van der Waals surface area contributed by atoms with Crippen LogP contribution in [0.5, 0.6) is 5.75 Å². The number of fused-ring (bicyclic) bond motifs is 1. The van der Waals surface area contributed by atoms with Crippen molar-refractivity contribution in [1.82, 2.24) is 5.43 Å². The summed E-state index contributed by atoms with van der Waals surface area (Å²) in [6.07, 6.45) is 1.57. The lowest BCUT2D eigenvalue weighted by Crippen LogP contribution is -2.18. The molecular weight excluding hydrogens is 371 g/mol. The molecule has 0 aromatic heterocycles. The van der Waals surface area contributed by atoms with E-state index in [9.17, 15) is 4.79 Å². The summed E-state index contributed by atoms with van der Waals surface area (Å²) < 4.78 is 5.68. The number of carbonyl (C=O) groups excluding carboxylic acids is 1. The minimum atomic E-state index is -0.438. The first kappa shape index (κ1) is 18.2. The zero-order valence-corrected chi connectivity index (χ0v) is 15.5. The lowest BCUT2D eigenvalue weighted by Gasteiger charge is -2.10. The predicted molar refractivity (Wildman–Crippen MR) is 107 cm³/mol. The van der Waals surface area contributed by atoms with Gasteiger partial charge in [-0.3, -0.25) is 4.79 Å². The Morgan fingerprint density at radius 2 is 1.96 bits per heavy atom. The lowest BCUT2D eigenvalue weighted by molar-refractivity contribution is 0.0955. The van der Waals surface area contributed by atoms with Gasteiger partial charge in [0.05, 0.1) is 23.4 Å². The number of carbonyl (C=O) groups is 1. The van der Waals surface area contributed by atoms with Crippen molar-refractivity contribution < 1.29 is 9.53 Å². The molecular formula is C20H16Cl2N2O2. The molecule has 0 bridgehead atoms. The molecule has 0 atom stereocenters. The van der Waals surface area contributed by atoms with Crippen LogP contribution in [0.3, 0.4) is 0 Å². The van der Waals surface area contributed by atoms with Crippen molar-refractivity contribution in [1.29, 1.82) is 0 Å². The third-order valence-electron chi connectivity index (χ3n) is 3.76. The molecule has 0 aliphatic rings. The van der Waals surface area contributed by atoms with Gasteiger partial charge in [0.15, 0.2) is 0 Å². The lowest BCUT2D eigenvalue weighted by atomic mass is 10.0. The first-order chi connectivity index (χ1) is 12.6. The van der Waals surface area contributed by atoms with Crippen LogP contribution in [0.4, 0.5) is 0 Å². The number of ether oxygens (including phenoxy) is 1. The maximum Gasteiger partial charge on any atom is 0.272 e. The summed E-state index contributed by atoms with van der Waals surface area (Å²) in [6, 6.07) is 16.5. The van der Waals surface area contributed by atoms with E-state index in [2.05, 4.69) is 10.5 Å². The van der Waals surface area contributed by atoms with Gasteiger partial charge in [0, 0.05) is 10.6 Å². The molecule has 4 nitrogen and oxygen atoms in total. The number of hydrogen-bond acceptors (Lipinski definition) is 3. The van der Waals surface area contributed by atoms with E-state index in [-0.39, 0.29) is 5.56 Å². The molecule has 1 amide bonds. The van der Waals surface area contributed by atoms with E-state index >= 15 is 0 Å². The van der Waals surface area contributed by atoms with Crippen LogP contribution in [-0.4, -0.2) is 18.7 Å². The van der Waals surface area contributed by atoms with E-state index in [4.69, 9.17) is 27.9 Å². The molecule has 0 unspecified atom stereocenters. The number of hydrogen-bond donors (Lipinski definition) is 1. The minimum Gasteiger partial charge on any atom is -0.493 e. The van der Waals surface area contributed by atoms with Crippen LogP contribution in [0.1, 0.15) is 22.8 Å². The first-order valence-electron chi connectivity index (χ1n) is 8.03. The van der Waals surface area contributed by atoms with Gasteiger partial charge in [-0.1, -0.05) is 53.5 Å². The Bertz CT molecular complexity index is 987. The monoisotopic (exact) mass is 386 g/mol. The number of amides is 1. The van der Waals surface area contributed by atoms with E-state index in [1.54, 1.807) is 18.3 Å². The predicted octanol–water partition coefficient (Wildman–Crippen LogP) is 5.31. The van der Waals surface area contributed by atoms with Crippen LogP contribution in [0.15, 0.2) is 59.7 Å². The van der Waals surface area contributed by atoms with Crippen molar-refractivity contribution in [3.8, 4) is 5.75 Å². The number of benzene rings is 3. The number of nitrogens with zero attached hydrogens (tertiary/aromatic N) is 1. The average molecular weight is 387 g/mol. The molecule has 0 radical (unpaired) electrons. The van der Waals surface area contributed by atoms with Crippen LogP contribution >= 0.6 is 23.2 Å². The van der Waals surface area contributed by atoms with E-state index in [0.29, 0.717) is 22.4 Å².